The van der Waals surface area contributed by atoms with Crippen LogP contribution in [0.3, 0.4) is 0 Å². The van der Waals surface area contributed by atoms with Crippen LogP contribution in [0.25, 0.3) is 5.69 Å². The second-order valence-corrected chi connectivity index (χ2v) is 4.06. The zero-order valence-electron chi connectivity index (χ0n) is 10.2. The van der Waals surface area contributed by atoms with E-state index in [1.807, 2.05) is 0 Å². The molecule has 0 unspecified atom stereocenters. The van der Waals surface area contributed by atoms with Gasteiger partial charge in [-0.15, -0.1) is 0 Å². The number of carboxylic acids is 1. The number of rotatable bonds is 2. The minimum absolute atomic E-state index is 0.185. The smallest absolute Gasteiger partial charge is 0.341 e. The van der Waals surface area contributed by atoms with Crippen LogP contribution in [0.1, 0.15) is 16.1 Å². The van der Waals surface area contributed by atoms with Crippen molar-refractivity contribution in [2.24, 2.45) is 0 Å². The normalized spacial score (nSPS) is 10.6. The fraction of sp³-hybridized carbons (Fsp3) is 0.0769. The number of aromatic nitrogens is 1. The molecule has 2 rings (SSSR count). The van der Waals surface area contributed by atoms with Gasteiger partial charge in [-0.1, -0.05) is 0 Å². The Kier molecular flexibility index (Phi) is 3.35. The van der Waals surface area contributed by atoms with Gasteiger partial charge in [0.25, 0.3) is 0 Å². The molecule has 4 nitrogen and oxygen atoms in total. The van der Waals surface area contributed by atoms with Crippen molar-refractivity contribution in [3.8, 4) is 5.69 Å². The summed E-state index contributed by atoms with van der Waals surface area (Å²) in [5.41, 5.74) is -1.55. The highest BCUT2D eigenvalue weighted by Gasteiger charge is 2.17. The Hall–Kier alpha value is -2.57. The van der Waals surface area contributed by atoms with E-state index in [-0.39, 0.29) is 11.4 Å². The van der Waals surface area contributed by atoms with Gasteiger partial charge in [-0.3, -0.25) is 4.79 Å². The first kappa shape index (κ1) is 13.9. The molecule has 1 heterocycles. The van der Waals surface area contributed by atoms with Gasteiger partial charge in [0, 0.05) is 18.0 Å². The van der Waals surface area contributed by atoms with Gasteiger partial charge in [0.05, 0.1) is 5.69 Å². The first-order valence-corrected chi connectivity index (χ1v) is 5.43. The van der Waals surface area contributed by atoms with Crippen molar-refractivity contribution < 1.29 is 23.1 Å². The van der Waals surface area contributed by atoms with E-state index in [1.165, 1.54) is 6.92 Å². The molecule has 20 heavy (non-hydrogen) atoms. The maximum absolute atomic E-state index is 13.7. The van der Waals surface area contributed by atoms with Crippen LogP contribution >= 0.6 is 0 Å². The predicted molar refractivity (Wildman–Crippen MR) is 63.6 cm³/mol. The lowest BCUT2D eigenvalue weighted by molar-refractivity contribution is 0.0694. The van der Waals surface area contributed by atoms with Gasteiger partial charge in [-0.2, -0.15) is 0 Å². The maximum Gasteiger partial charge on any atom is 0.341 e. The van der Waals surface area contributed by atoms with E-state index in [2.05, 4.69) is 0 Å². The highest BCUT2D eigenvalue weighted by molar-refractivity contribution is 5.87. The summed E-state index contributed by atoms with van der Waals surface area (Å²) in [5, 5.41) is 8.85. The van der Waals surface area contributed by atoms with Crippen LogP contribution in [0.4, 0.5) is 13.2 Å². The van der Waals surface area contributed by atoms with Crippen LogP contribution in [0, 0.1) is 24.4 Å². The van der Waals surface area contributed by atoms with Gasteiger partial charge < -0.3 is 9.67 Å². The number of pyridine rings is 1. The van der Waals surface area contributed by atoms with Crippen molar-refractivity contribution in [1.82, 2.24) is 4.57 Å². The topological polar surface area (TPSA) is 59.3 Å². The summed E-state index contributed by atoms with van der Waals surface area (Å²) in [5.74, 6) is -5.99. The Morgan fingerprint density at radius 1 is 1.20 bits per heavy atom. The summed E-state index contributed by atoms with van der Waals surface area (Å²) in [7, 11) is 0. The van der Waals surface area contributed by atoms with Crippen molar-refractivity contribution in [1.29, 1.82) is 0 Å². The number of nitrogens with zero attached hydrogens (tertiary/aromatic N) is 1. The van der Waals surface area contributed by atoms with E-state index in [0.717, 1.165) is 22.9 Å². The Balaban J connectivity index is 2.77. The number of aryl methyl sites for hydroxylation is 1. The third kappa shape index (κ3) is 2.18. The molecule has 0 aliphatic carbocycles. The number of halogens is 3. The summed E-state index contributed by atoms with van der Waals surface area (Å²) < 4.78 is 40.8. The van der Waals surface area contributed by atoms with Crippen LogP contribution in [-0.4, -0.2) is 15.6 Å². The number of aromatic carboxylic acids is 1. The number of hydrogen-bond donors (Lipinski definition) is 1. The summed E-state index contributed by atoms with van der Waals surface area (Å²) in [6, 6.07) is 2.65. The molecule has 0 aliphatic heterocycles. The first-order valence-electron chi connectivity index (χ1n) is 5.43. The summed E-state index contributed by atoms with van der Waals surface area (Å²) in [6.45, 7) is 1.41. The number of hydrogen-bond acceptors (Lipinski definition) is 2. The van der Waals surface area contributed by atoms with E-state index in [9.17, 15) is 22.8 Å². The highest BCUT2D eigenvalue weighted by Crippen LogP contribution is 2.20. The van der Waals surface area contributed by atoms with Crippen molar-refractivity contribution in [2.45, 2.75) is 6.92 Å². The van der Waals surface area contributed by atoms with Crippen LogP contribution in [0.15, 0.2) is 29.2 Å². The van der Waals surface area contributed by atoms with Crippen molar-refractivity contribution in [3.63, 3.8) is 0 Å². The van der Waals surface area contributed by atoms with Gasteiger partial charge >= 0.3 is 5.97 Å². The molecule has 2 aromatic rings. The third-order valence-electron chi connectivity index (χ3n) is 2.75. The molecule has 0 spiro atoms. The lowest BCUT2D eigenvalue weighted by atomic mass is 10.2. The number of benzene rings is 1. The molecule has 0 fully saturated rings. The molecule has 0 radical (unpaired) electrons. The molecule has 0 atom stereocenters. The molecule has 104 valence electrons. The molecule has 0 amide bonds. The van der Waals surface area contributed by atoms with Crippen LogP contribution < -0.4 is 5.43 Å². The fourth-order valence-corrected chi connectivity index (χ4v) is 1.75. The van der Waals surface area contributed by atoms with Gasteiger partial charge in [0.2, 0.25) is 0 Å². The molecule has 0 bridgehead atoms. The van der Waals surface area contributed by atoms with E-state index >= 15 is 0 Å². The molecule has 0 saturated heterocycles. The lowest BCUT2D eigenvalue weighted by Gasteiger charge is -2.13. The van der Waals surface area contributed by atoms with Gasteiger partial charge in [0.15, 0.2) is 22.9 Å². The molecule has 1 aromatic heterocycles. The Bertz CT molecular complexity index is 768. The van der Waals surface area contributed by atoms with Gasteiger partial charge in [-0.25, -0.2) is 18.0 Å². The van der Waals surface area contributed by atoms with Crippen molar-refractivity contribution in [3.05, 3.63) is 63.3 Å². The maximum atomic E-state index is 13.7. The van der Waals surface area contributed by atoms with Crippen molar-refractivity contribution in [2.75, 3.05) is 0 Å². The molecule has 7 heteroatoms. The number of carbonyl (C=O) groups is 1. The van der Waals surface area contributed by atoms with Crippen LogP contribution in [-0.2, 0) is 0 Å². The fourth-order valence-electron chi connectivity index (χ4n) is 1.75. The third-order valence-corrected chi connectivity index (χ3v) is 2.75. The standard InChI is InChI=1S/C13H8F3NO3/c1-6-4-10(18)7(13(19)20)5-17(6)9-3-2-8(14)11(15)12(9)16/h2-5H,1H3,(H,19,20). The van der Waals surface area contributed by atoms with Crippen LogP contribution in [0.2, 0.25) is 0 Å². The quantitative estimate of drug-likeness (QED) is 0.860. The summed E-state index contributed by atoms with van der Waals surface area (Å²) in [6.07, 6.45) is 0.871. The summed E-state index contributed by atoms with van der Waals surface area (Å²) in [4.78, 5) is 22.3. The van der Waals surface area contributed by atoms with Crippen molar-refractivity contribution >= 4 is 5.97 Å². The first-order chi connectivity index (χ1) is 9.32. The van der Waals surface area contributed by atoms with E-state index in [1.54, 1.807) is 0 Å². The summed E-state index contributed by atoms with van der Waals surface area (Å²) >= 11 is 0. The predicted octanol–water partition coefficient (Wildman–Crippen LogP) is 2.26. The molecule has 0 aliphatic rings. The van der Waals surface area contributed by atoms with E-state index in [0.29, 0.717) is 6.07 Å². The second kappa shape index (κ2) is 4.84. The minimum atomic E-state index is -1.67. The van der Waals surface area contributed by atoms with E-state index in [4.69, 9.17) is 5.11 Å². The molecule has 0 saturated carbocycles. The molecule has 1 aromatic carbocycles. The Morgan fingerprint density at radius 2 is 1.85 bits per heavy atom. The monoisotopic (exact) mass is 283 g/mol. The molecule has 1 N–H and O–H groups in total. The average molecular weight is 283 g/mol. The Morgan fingerprint density at radius 3 is 2.45 bits per heavy atom. The zero-order chi connectivity index (χ0) is 15.0. The highest BCUT2D eigenvalue weighted by atomic mass is 19.2. The van der Waals surface area contributed by atoms with Gasteiger partial charge in [-0.05, 0) is 19.1 Å². The lowest BCUT2D eigenvalue weighted by Crippen LogP contribution is -2.19. The van der Waals surface area contributed by atoms with Gasteiger partial charge in [0.1, 0.15) is 5.56 Å². The zero-order valence-corrected chi connectivity index (χ0v) is 10.2. The SMILES string of the molecule is Cc1cc(=O)c(C(=O)O)cn1-c1ccc(F)c(F)c1F. The van der Waals surface area contributed by atoms with Crippen LogP contribution in [0.5, 0.6) is 0 Å². The largest absolute Gasteiger partial charge is 0.477 e. The minimum Gasteiger partial charge on any atom is -0.477 e. The second-order valence-electron chi connectivity index (χ2n) is 4.06. The van der Waals surface area contributed by atoms with E-state index < -0.39 is 34.4 Å². The molecular formula is C13H8F3NO3. The number of carboxylic acid groups (broad SMARTS) is 1. The molecular weight excluding hydrogens is 275 g/mol. The average Bonchev–Trinajstić information content (AvgIpc) is 2.37. The Labute approximate surface area is 110 Å².